The highest BCUT2D eigenvalue weighted by Gasteiger charge is 2.13. The fourth-order valence-corrected chi connectivity index (χ4v) is 3.44. The zero-order valence-electron chi connectivity index (χ0n) is 18.1. The molecule has 0 heterocycles. The lowest BCUT2D eigenvalue weighted by molar-refractivity contribution is 0.418. The topological polar surface area (TPSA) is 18.5 Å². The molecule has 30 heavy (non-hydrogen) atoms. The molecule has 0 N–H and O–H groups in total. The van der Waals surface area contributed by atoms with Crippen LogP contribution in [0, 0.1) is 25.7 Å². The van der Waals surface area contributed by atoms with Gasteiger partial charge in [-0.2, -0.15) is 0 Å². The summed E-state index contributed by atoms with van der Waals surface area (Å²) in [5.74, 6) is 4.52. The highest BCUT2D eigenvalue weighted by molar-refractivity contribution is 5.65. The predicted molar refractivity (Wildman–Crippen MR) is 124 cm³/mol. The van der Waals surface area contributed by atoms with Gasteiger partial charge in [0.15, 0.2) is 0 Å². The van der Waals surface area contributed by atoms with Crippen LogP contribution in [0.3, 0.4) is 0 Å². The van der Waals surface area contributed by atoms with E-state index in [1.807, 2.05) is 30.3 Å². The Kier molecular flexibility index (Phi) is 5.76. The van der Waals surface area contributed by atoms with Gasteiger partial charge in [-0.15, -0.1) is 0 Å². The first-order valence-corrected chi connectivity index (χ1v) is 10.5. The van der Waals surface area contributed by atoms with Crippen molar-refractivity contribution in [1.29, 1.82) is 0 Å². The standard InChI is InChI=1S/C28H28O2/c1-19-5-11-27(17-21(19)3)29-25-13-7-23(8-14-25)24-9-15-26(16-10-24)30-28-12-6-20(2)22(4)18-28/h5-19,21H,1-4H3. The van der Waals surface area contributed by atoms with Crippen molar-refractivity contribution in [3.05, 3.63) is 102 Å². The molecule has 1 aliphatic rings. The Labute approximate surface area is 179 Å². The van der Waals surface area contributed by atoms with E-state index in [0.717, 1.165) is 34.1 Å². The van der Waals surface area contributed by atoms with Gasteiger partial charge in [0.1, 0.15) is 23.0 Å². The van der Waals surface area contributed by atoms with Gasteiger partial charge in [-0.3, -0.25) is 0 Å². The summed E-state index contributed by atoms with van der Waals surface area (Å²) < 4.78 is 12.0. The third kappa shape index (κ3) is 4.65. The molecule has 0 saturated heterocycles. The summed E-state index contributed by atoms with van der Waals surface area (Å²) in [7, 11) is 0. The Hall–Kier alpha value is -3.26. The third-order valence-electron chi connectivity index (χ3n) is 5.81. The first-order valence-electron chi connectivity index (χ1n) is 10.5. The van der Waals surface area contributed by atoms with E-state index in [9.17, 15) is 0 Å². The van der Waals surface area contributed by atoms with Gasteiger partial charge >= 0.3 is 0 Å². The van der Waals surface area contributed by atoms with Crippen LogP contribution in [0.1, 0.15) is 25.0 Å². The Balaban J connectivity index is 1.42. The van der Waals surface area contributed by atoms with Crippen LogP contribution < -0.4 is 9.47 Å². The molecule has 4 rings (SSSR count). The van der Waals surface area contributed by atoms with Crippen LogP contribution in [0.25, 0.3) is 11.1 Å². The van der Waals surface area contributed by atoms with E-state index < -0.39 is 0 Å². The van der Waals surface area contributed by atoms with Crippen molar-refractivity contribution in [1.82, 2.24) is 0 Å². The monoisotopic (exact) mass is 396 g/mol. The first-order chi connectivity index (χ1) is 14.5. The van der Waals surface area contributed by atoms with E-state index in [4.69, 9.17) is 9.47 Å². The lowest BCUT2D eigenvalue weighted by atomic mass is 9.91. The van der Waals surface area contributed by atoms with Crippen LogP contribution in [0.15, 0.2) is 90.7 Å². The second kappa shape index (κ2) is 8.62. The molecular weight excluding hydrogens is 368 g/mol. The molecule has 2 heteroatoms. The number of ether oxygens (including phenoxy) is 2. The molecule has 1 aliphatic carbocycles. The first kappa shape index (κ1) is 20.0. The zero-order chi connectivity index (χ0) is 21.1. The van der Waals surface area contributed by atoms with Crippen molar-refractivity contribution < 1.29 is 9.47 Å². The molecule has 0 saturated carbocycles. The van der Waals surface area contributed by atoms with E-state index in [2.05, 4.69) is 82.3 Å². The van der Waals surface area contributed by atoms with Crippen LogP contribution in [-0.4, -0.2) is 0 Å². The highest BCUT2D eigenvalue weighted by Crippen LogP contribution is 2.29. The molecule has 2 atom stereocenters. The second-order valence-electron chi connectivity index (χ2n) is 8.15. The van der Waals surface area contributed by atoms with E-state index in [1.54, 1.807) is 0 Å². The zero-order valence-corrected chi connectivity index (χ0v) is 18.1. The Morgan fingerprint density at radius 1 is 0.600 bits per heavy atom. The minimum Gasteiger partial charge on any atom is -0.458 e. The van der Waals surface area contributed by atoms with Crippen molar-refractivity contribution in [2.24, 2.45) is 11.8 Å². The van der Waals surface area contributed by atoms with Gasteiger partial charge in [-0.1, -0.05) is 50.3 Å². The average molecular weight is 397 g/mol. The fraction of sp³-hybridized carbons (Fsp3) is 0.214. The quantitative estimate of drug-likeness (QED) is 0.437. The van der Waals surface area contributed by atoms with Crippen LogP contribution in [0.4, 0.5) is 0 Å². The molecule has 0 spiro atoms. The van der Waals surface area contributed by atoms with E-state index in [-0.39, 0.29) is 0 Å². The van der Waals surface area contributed by atoms with Gasteiger partial charge in [0.25, 0.3) is 0 Å². The number of allylic oxidation sites excluding steroid dienone is 3. The third-order valence-corrected chi connectivity index (χ3v) is 5.81. The smallest absolute Gasteiger partial charge is 0.127 e. The van der Waals surface area contributed by atoms with Crippen LogP contribution in [-0.2, 0) is 0 Å². The maximum atomic E-state index is 6.02. The Morgan fingerprint density at radius 2 is 1.17 bits per heavy atom. The lowest BCUT2D eigenvalue weighted by Gasteiger charge is -2.19. The summed E-state index contributed by atoms with van der Waals surface area (Å²) in [5.41, 5.74) is 4.79. The minimum atomic E-state index is 0.494. The number of hydrogen-bond donors (Lipinski definition) is 0. The van der Waals surface area contributed by atoms with Crippen LogP contribution in [0.5, 0.6) is 17.2 Å². The van der Waals surface area contributed by atoms with Crippen molar-refractivity contribution in [3.63, 3.8) is 0 Å². The van der Waals surface area contributed by atoms with E-state index >= 15 is 0 Å². The van der Waals surface area contributed by atoms with Crippen molar-refractivity contribution >= 4 is 0 Å². The molecular formula is C28H28O2. The molecule has 152 valence electrons. The molecule has 2 nitrogen and oxygen atoms in total. The average Bonchev–Trinajstić information content (AvgIpc) is 2.75. The molecule has 0 aromatic heterocycles. The summed E-state index contributed by atoms with van der Waals surface area (Å²) in [6.45, 7) is 8.64. The van der Waals surface area contributed by atoms with Gasteiger partial charge in [0.05, 0.1) is 0 Å². The molecule has 0 amide bonds. The molecule has 0 radical (unpaired) electrons. The maximum absolute atomic E-state index is 6.02. The van der Waals surface area contributed by atoms with Gasteiger partial charge < -0.3 is 9.47 Å². The minimum absolute atomic E-state index is 0.494. The Bertz CT molecular complexity index is 1070. The molecule has 0 bridgehead atoms. The molecule has 2 unspecified atom stereocenters. The number of hydrogen-bond acceptors (Lipinski definition) is 2. The summed E-state index contributed by atoms with van der Waals surface area (Å²) >= 11 is 0. The van der Waals surface area contributed by atoms with Gasteiger partial charge in [0.2, 0.25) is 0 Å². The molecule has 3 aromatic rings. The largest absolute Gasteiger partial charge is 0.458 e. The van der Waals surface area contributed by atoms with Crippen LogP contribution >= 0.6 is 0 Å². The number of benzene rings is 3. The predicted octanol–water partition coefficient (Wildman–Crippen LogP) is 7.87. The van der Waals surface area contributed by atoms with Gasteiger partial charge in [0, 0.05) is 0 Å². The normalized spacial score (nSPS) is 18.1. The lowest BCUT2D eigenvalue weighted by Crippen LogP contribution is -2.09. The summed E-state index contributed by atoms with van der Waals surface area (Å²) in [6, 6.07) is 22.6. The summed E-state index contributed by atoms with van der Waals surface area (Å²) in [6.07, 6.45) is 6.45. The molecule has 0 aliphatic heterocycles. The summed E-state index contributed by atoms with van der Waals surface area (Å²) in [4.78, 5) is 0. The van der Waals surface area contributed by atoms with Crippen molar-refractivity contribution in [2.45, 2.75) is 27.7 Å². The van der Waals surface area contributed by atoms with Crippen molar-refractivity contribution in [3.8, 4) is 28.4 Å². The highest BCUT2D eigenvalue weighted by atomic mass is 16.5. The van der Waals surface area contributed by atoms with Crippen LogP contribution in [0.2, 0.25) is 0 Å². The number of rotatable bonds is 5. The fourth-order valence-electron chi connectivity index (χ4n) is 3.44. The van der Waals surface area contributed by atoms with Gasteiger partial charge in [-0.25, -0.2) is 0 Å². The molecule has 3 aromatic carbocycles. The SMILES string of the molecule is Cc1ccc(Oc2ccc(-c3ccc(OC4=CC(C)C(C)C=C4)cc3)cc2)cc1C. The van der Waals surface area contributed by atoms with Crippen molar-refractivity contribution in [2.75, 3.05) is 0 Å². The van der Waals surface area contributed by atoms with E-state index in [1.165, 1.54) is 11.1 Å². The Morgan fingerprint density at radius 3 is 1.73 bits per heavy atom. The second-order valence-corrected chi connectivity index (χ2v) is 8.15. The van der Waals surface area contributed by atoms with Gasteiger partial charge in [-0.05, 0) is 96.5 Å². The maximum Gasteiger partial charge on any atom is 0.127 e. The number of aryl methyl sites for hydroxylation is 2. The summed E-state index contributed by atoms with van der Waals surface area (Å²) in [5, 5.41) is 0. The van der Waals surface area contributed by atoms with E-state index in [0.29, 0.717) is 11.8 Å². The molecule has 0 fully saturated rings.